The predicted molar refractivity (Wildman–Crippen MR) is 73.4 cm³/mol. The lowest BCUT2D eigenvalue weighted by molar-refractivity contribution is 0.0336. The van der Waals surface area contributed by atoms with Gasteiger partial charge in [-0.3, -0.25) is 0 Å². The zero-order valence-electron chi connectivity index (χ0n) is 12.3. The summed E-state index contributed by atoms with van der Waals surface area (Å²) in [5.74, 6) is 0. The molecule has 0 aromatic rings. The molecular weight excluding hydrogens is 212 g/mol. The van der Waals surface area contributed by atoms with Crippen molar-refractivity contribution in [3.05, 3.63) is 0 Å². The minimum Gasteiger partial charge on any atom is -0.381 e. The molecular formula is C14H30N2O. The zero-order chi connectivity index (χ0) is 12.9. The molecule has 0 amide bonds. The molecule has 1 aliphatic heterocycles. The summed E-state index contributed by atoms with van der Waals surface area (Å²) in [7, 11) is 1.83. The molecule has 1 rings (SSSR count). The van der Waals surface area contributed by atoms with Crippen molar-refractivity contribution in [2.24, 2.45) is 5.41 Å². The van der Waals surface area contributed by atoms with Crippen LogP contribution in [0.4, 0.5) is 0 Å². The number of ether oxygens (including phenoxy) is 1. The molecule has 0 saturated carbocycles. The maximum absolute atomic E-state index is 5.42. The highest BCUT2D eigenvalue weighted by Gasteiger charge is 2.27. The molecule has 1 unspecified atom stereocenters. The average Bonchev–Trinajstić information content (AvgIpc) is 2.28. The van der Waals surface area contributed by atoms with E-state index in [1.54, 1.807) is 0 Å². The largest absolute Gasteiger partial charge is 0.381 e. The monoisotopic (exact) mass is 242 g/mol. The number of methoxy groups -OCH3 is 1. The van der Waals surface area contributed by atoms with E-state index in [0.29, 0.717) is 17.6 Å². The molecule has 1 atom stereocenters. The van der Waals surface area contributed by atoms with Gasteiger partial charge in [0.05, 0.1) is 6.10 Å². The van der Waals surface area contributed by atoms with Crippen molar-refractivity contribution in [2.75, 3.05) is 33.3 Å². The van der Waals surface area contributed by atoms with Crippen molar-refractivity contribution >= 4 is 0 Å². The second-order valence-corrected chi connectivity index (χ2v) is 6.21. The third-order valence-electron chi connectivity index (χ3n) is 3.80. The third-order valence-corrected chi connectivity index (χ3v) is 3.80. The van der Waals surface area contributed by atoms with Crippen LogP contribution in [-0.2, 0) is 4.74 Å². The first kappa shape index (κ1) is 14.9. The molecule has 0 aromatic carbocycles. The molecule has 17 heavy (non-hydrogen) atoms. The van der Waals surface area contributed by atoms with E-state index >= 15 is 0 Å². The Morgan fingerprint density at radius 2 is 1.88 bits per heavy atom. The highest BCUT2D eigenvalue weighted by Crippen LogP contribution is 2.22. The summed E-state index contributed by atoms with van der Waals surface area (Å²) < 4.78 is 5.42. The highest BCUT2D eigenvalue weighted by atomic mass is 16.5. The maximum Gasteiger partial charge on any atom is 0.0595 e. The molecule has 3 nitrogen and oxygen atoms in total. The second kappa shape index (κ2) is 6.72. The van der Waals surface area contributed by atoms with Gasteiger partial charge in [0.1, 0.15) is 0 Å². The lowest BCUT2D eigenvalue weighted by Crippen LogP contribution is -2.50. The van der Waals surface area contributed by atoms with E-state index in [1.807, 2.05) is 7.11 Å². The normalized spacial score (nSPS) is 21.7. The molecule has 0 aromatic heterocycles. The first-order valence-corrected chi connectivity index (χ1v) is 6.96. The van der Waals surface area contributed by atoms with Gasteiger partial charge in [0.2, 0.25) is 0 Å². The number of rotatable bonds is 5. The summed E-state index contributed by atoms with van der Waals surface area (Å²) in [5.41, 5.74) is 0.327. The Kier molecular flexibility index (Phi) is 5.90. The van der Waals surface area contributed by atoms with Gasteiger partial charge in [0, 0.05) is 32.8 Å². The standard InChI is InChI=1S/C14H30N2O/c1-6-15-13(14(2,3)4)11-16-9-7-12(17-5)8-10-16/h12-13,15H,6-11H2,1-5H3. The number of hydrogen-bond acceptors (Lipinski definition) is 3. The van der Waals surface area contributed by atoms with Crippen molar-refractivity contribution in [1.29, 1.82) is 0 Å². The van der Waals surface area contributed by atoms with Crippen molar-refractivity contribution < 1.29 is 4.74 Å². The molecule has 3 heteroatoms. The summed E-state index contributed by atoms with van der Waals surface area (Å²) in [6.45, 7) is 13.7. The number of nitrogens with zero attached hydrogens (tertiary/aromatic N) is 1. The van der Waals surface area contributed by atoms with Gasteiger partial charge < -0.3 is 15.0 Å². The van der Waals surface area contributed by atoms with Crippen molar-refractivity contribution in [1.82, 2.24) is 10.2 Å². The summed E-state index contributed by atoms with van der Waals surface area (Å²) >= 11 is 0. The number of likely N-dealkylation sites (N-methyl/N-ethyl adjacent to an activating group) is 1. The van der Waals surface area contributed by atoms with Gasteiger partial charge in [0.15, 0.2) is 0 Å². The van der Waals surface area contributed by atoms with Crippen LogP contribution in [0.3, 0.4) is 0 Å². The number of likely N-dealkylation sites (tertiary alicyclic amines) is 1. The minimum atomic E-state index is 0.327. The summed E-state index contributed by atoms with van der Waals surface area (Å²) in [4.78, 5) is 2.58. The van der Waals surface area contributed by atoms with E-state index in [-0.39, 0.29) is 0 Å². The lowest BCUT2D eigenvalue weighted by Gasteiger charge is -2.38. The van der Waals surface area contributed by atoms with E-state index in [2.05, 4.69) is 37.9 Å². The van der Waals surface area contributed by atoms with Gasteiger partial charge in [0.25, 0.3) is 0 Å². The van der Waals surface area contributed by atoms with Crippen LogP contribution in [0.25, 0.3) is 0 Å². The molecule has 102 valence electrons. The van der Waals surface area contributed by atoms with E-state index in [0.717, 1.165) is 13.1 Å². The van der Waals surface area contributed by atoms with Crippen LogP contribution in [0.2, 0.25) is 0 Å². The Balaban J connectivity index is 2.41. The molecule has 1 fully saturated rings. The molecule has 0 aliphatic carbocycles. The van der Waals surface area contributed by atoms with Gasteiger partial charge in [-0.15, -0.1) is 0 Å². The van der Waals surface area contributed by atoms with E-state index in [9.17, 15) is 0 Å². The van der Waals surface area contributed by atoms with E-state index < -0.39 is 0 Å². The molecule has 0 bridgehead atoms. The molecule has 1 heterocycles. The quantitative estimate of drug-likeness (QED) is 0.799. The van der Waals surface area contributed by atoms with Gasteiger partial charge in [-0.25, -0.2) is 0 Å². The van der Waals surface area contributed by atoms with Crippen LogP contribution in [-0.4, -0.2) is 50.3 Å². The Morgan fingerprint density at radius 1 is 1.29 bits per heavy atom. The van der Waals surface area contributed by atoms with Crippen molar-refractivity contribution in [3.63, 3.8) is 0 Å². The maximum atomic E-state index is 5.42. The fourth-order valence-electron chi connectivity index (χ4n) is 2.48. The van der Waals surface area contributed by atoms with Gasteiger partial charge in [-0.05, 0) is 24.8 Å². The number of piperidine rings is 1. The number of nitrogens with one attached hydrogen (secondary N) is 1. The van der Waals surface area contributed by atoms with Crippen LogP contribution in [0.15, 0.2) is 0 Å². The number of hydrogen-bond donors (Lipinski definition) is 1. The van der Waals surface area contributed by atoms with E-state index in [4.69, 9.17) is 4.74 Å². The van der Waals surface area contributed by atoms with Crippen molar-refractivity contribution in [2.45, 2.75) is 52.7 Å². The highest BCUT2D eigenvalue weighted by molar-refractivity contribution is 4.85. The second-order valence-electron chi connectivity index (χ2n) is 6.21. The Morgan fingerprint density at radius 3 is 2.29 bits per heavy atom. The lowest BCUT2D eigenvalue weighted by atomic mass is 9.86. The molecule has 1 saturated heterocycles. The van der Waals surface area contributed by atoms with Crippen LogP contribution in [0.1, 0.15) is 40.5 Å². The Hall–Kier alpha value is -0.120. The summed E-state index contributed by atoms with van der Waals surface area (Å²) in [6, 6.07) is 0.576. The minimum absolute atomic E-state index is 0.327. The Bertz CT molecular complexity index is 205. The molecule has 0 spiro atoms. The smallest absolute Gasteiger partial charge is 0.0595 e. The van der Waals surface area contributed by atoms with Crippen LogP contribution >= 0.6 is 0 Å². The van der Waals surface area contributed by atoms with Crippen LogP contribution in [0.5, 0.6) is 0 Å². The fourth-order valence-corrected chi connectivity index (χ4v) is 2.48. The predicted octanol–water partition coefficient (Wildman–Crippen LogP) is 2.12. The van der Waals surface area contributed by atoms with Gasteiger partial charge >= 0.3 is 0 Å². The summed E-state index contributed by atoms with van der Waals surface area (Å²) in [6.07, 6.45) is 2.84. The van der Waals surface area contributed by atoms with Crippen molar-refractivity contribution in [3.8, 4) is 0 Å². The van der Waals surface area contributed by atoms with E-state index in [1.165, 1.54) is 25.9 Å². The third kappa shape index (κ3) is 4.94. The Labute approximate surface area is 107 Å². The summed E-state index contributed by atoms with van der Waals surface area (Å²) in [5, 5.41) is 3.62. The topological polar surface area (TPSA) is 24.5 Å². The average molecular weight is 242 g/mol. The zero-order valence-corrected chi connectivity index (χ0v) is 12.3. The van der Waals surface area contributed by atoms with Gasteiger partial charge in [-0.2, -0.15) is 0 Å². The SMILES string of the molecule is CCNC(CN1CCC(OC)CC1)C(C)(C)C. The fraction of sp³-hybridized carbons (Fsp3) is 1.00. The molecule has 1 aliphatic rings. The molecule has 1 N–H and O–H groups in total. The van der Waals surface area contributed by atoms with Gasteiger partial charge in [-0.1, -0.05) is 27.7 Å². The van der Waals surface area contributed by atoms with Crippen LogP contribution < -0.4 is 5.32 Å². The van der Waals surface area contributed by atoms with Crippen LogP contribution in [0, 0.1) is 5.41 Å². The first-order valence-electron chi connectivity index (χ1n) is 6.96. The first-order chi connectivity index (χ1) is 7.97. The molecule has 0 radical (unpaired) electrons.